The number of aromatic nitrogens is 2. The first-order valence-electron chi connectivity index (χ1n) is 5.26. The van der Waals surface area contributed by atoms with Crippen LogP contribution in [0.3, 0.4) is 0 Å². The van der Waals surface area contributed by atoms with Crippen LogP contribution in [0, 0.1) is 0 Å². The molecule has 0 aliphatic rings. The van der Waals surface area contributed by atoms with Gasteiger partial charge in [-0.2, -0.15) is 0 Å². The SMILES string of the molecule is Cn1c(-c2ccco2)nc2cc(NN)ccc21. The van der Waals surface area contributed by atoms with Gasteiger partial charge in [0.2, 0.25) is 0 Å². The van der Waals surface area contributed by atoms with Gasteiger partial charge in [-0.25, -0.2) is 4.98 Å². The fourth-order valence-electron chi connectivity index (χ4n) is 1.92. The van der Waals surface area contributed by atoms with Crippen LogP contribution in [0.1, 0.15) is 0 Å². The molecule has 5 heteroatoms. The highest BCUT2D eigenvalue weighted by molar-refractivity contribution is 5.82. The minimum atomic E-state index is 0.756. The molecular formula is C12H12N4O. The van der Waals surface area contributed by atoms with Gasteiger partial charge in [-0.05, 0) is 30.3 Å². The number of fused-ring (bicyclic) bond motifs is 1. The van der Waals surface area contributed by atoms with Gasteiger partial charge in [-0.3, -0.25) is 5.84 Å². The summed E-state index contributed by atoms with van der Waals surface area (Å²) in [7, 11) is 1.96. The second-order valence-electron chi connectivity index (χ2n) is 3.82. The third-order valence-electron chi connectivity index (χ3n) is 2.79. The third kappa shape index (κ3) is 1.48. The first kappa shape index (κ1) is 9.92. The molecule has 3 N–H and O–H groups in total. The number of imidazole rings is 1. The number of aryl methyl sites for hydroxylation is 1. The van der Waals surface area contributed by atoms with Crippen molar-refractivity contribution in [3.05, 3.63) is 36.6 Å². The van der Waals surface area contributed by atoms with Crippen LogP contribution in [0.15, 0.2) is 41.0 Å². The average molecular weight is 228 g/mol. The van der Waals surface area contributed by atoms with Crippen LogP contribution in [0.4, 0.5) is 5.69 Å². The predicted octanol–water partition coefficient (Wildman–Crippen LogP) is 2.12. The minimum absolute atomic E-state index is 0.756. The highest BCUT2D eigenvalue weighted by atomic mass is 16.3. The predicted molar refractivity (Wildman–Crippen MR) is 66.2 cm³/mol. The van der Waals surface area contributed by atoms with Crippen molar-refractivity contribution in [2.24, 2.45) is 12.9 Å². The Kier molecular flexibility index (Phi) is 2.12. The van der Waals surface area contributed by atoms with Gasteiger partial charge in [0, 0.05) is 7.05 Å². The molecule has 0 bridgehead atoms. The van der Waals surface area contributed by atoms with Crippen LogP contribution in [0.25, 0.3) is 22.6 Å². The largest absolute Gasteiger partial charge is 0.461 e. The Morgan fingerprint density at radius 3 is 2.94 bits per heavy atom. The van der Waals surface area contributed by atoms with E-state index in [1.165, 1.54) is 0 Å². The standard InChI is InChI=1S/C12H12N4O/c1-16-10-5-4-8(15-13)7-9(10)14-12(16)11-3-2-6-17-11/h2-7,15H,13H2,1H3. The average Bonchev–Trinajstić information content (AvgIpc) is 2.97. The third-order valence-corrected chi connectivity index (χ3v) is 2.79. The molecule has 0 fully saturated rings. The van der Waals surface area contributed by atoms with E-state index in [9.17, 15) is 0 Å². The number of hydrogen-bond acceptors (Lipinski definition) is 4. The molecule has 0 radical (unpaired) electrons. The van der Waals surface area contributed by atoms with E-state index in [-0.39, 0.29) is 0 Å². The summed E-state index contributed by atoms with van der Waals surface area (Å²) in [5.74, 6) is 6.94. The number of nitrogen functional groups attached to an aromatic ring is 1. The van der Waals surface area contributed by atoms with Gasteiger partial charge < -0.3 is 14.4 Å². The maximum Gasteiger partial charge on any atom is 0.176 e. The first-order chi connectivity index (χ1) is 8.29. The van der Waals surface area contributed by atoms with Crippen molar-refractivity contribution in [1.82, 2.24) is 9.55 Å². The Morgan fingerprint density at radius 1 is 1.35 bits per heavy atom. The van der Waals surface area contributed by atoms with Crippen molar-refractivity contribution in [2.45, 2.75) is 0 Å². The minimum Gasteiger partial charge on any atom is -0.461 e. The van der Waals surface area contributed by atoms with Crippen molar-refractivity contribution >= 4 is 16.7 Å². The molecule has 0 saturated carbocycles. The first-order valence-corrected chi connectivity index (χ1v) is 5.26. The van der Waals surface area contributed by atoms with E-state index in [1.54, 1.807) is 6.26 Å². The van der Waals surface area contributed by atoms with Crippen molar-refractivity contribution in [3.8, 4) is 11.6 Å². The Bertz CT molecular complexity index is 655. The van der Waals surface area contributed by atoms with E-state index in [0.717, 1.165) is 28.3 Å². The number of anilines is 1. The molecule has 0 atom stereocenters. The normalized spacial score (nSPS) is 10.9. The lowest BCUT2D eigenvalue weighted by atomic mass is 10.3. The maximum absolute atomic E-state index is 5.38. The van der Waals surface area contributed by atoms with E-state index in [1.807, 2.05) is 41.9 Å². The Morgan fingerprint density at radius 2 is 2.24 bits per heavy atom. The molecule has 86 valence electrons. The molecule has 0 aliphatic carbocycles. The molecule has 5 nitrogen and oxygen atoms in total. The summed E-state index contributed by atoms with van der Waals surface area (Å²) in [4.78, 5) is 4.54. The number of nitrogens with one attached hydrogen (secondary N) is 1. The zero-order valence-electron chi connectivity index (χ0n) is 9.34. The molecule has 3 rings (SSSR count). The van der Waals surface area contributed by atoms with Crippen LogP contribution >= 0.6 is 0 Å². The number of nitrogens with zero attached hydrogens (tertiary/aromatic N) is 2. The Hall–Kier alpha value is -2.27. The lowest BCUT2D eigenvalue weighted by molar-refractivity contribution is 0.574. The topological polar surface area (TPSA) is 69.0 Å². The molecule has 1 aromatic carbocycles. The van der Waals surface area contributed by atoms with Crippen LogP contribution in [-0.2, 0) is 7.05 Å². The van der Waals surface area contributed by atoms with Gasteiger partial charge in [0.15, 0.2) is 11.6 Å². The second kappa shape index (κ2) is 3.64. The van der Waals surface area contributed by atoms with E-state index in [2.05, 4.69) is 10.4 Å². The van der Waals surface area contributed by atoms with E-state index in [4.69, 9.17) is 10.3 Å². The lowest BCUT2D eigenvalue weighted by Gasteiger charge is -2.00. The summed E-state index contributed by atoms with van der Waals surface area (Å²) in [5, 5.41) is 0. The van der Waals surface area contributed by atoms with Crippen LogP contribution in [0.2, 0.25) is 0 Å². The molecule has 0 aliphatic heterocycles. The van der Waals surface area contributed by atoms with Crippen LogP contribution in [0.5, 0.6) is 0 Å². The maximum atomic E-state index is 5.38. The summed E-state index contributed by atoms with van der Waals surface area (Å²) in [5.41, 5.74) is 5.37. The number of benzene rings is 1. The monoisotopic (exact) mass is 228 g/mol. The van der Waals surface area contributed by atoms with Crippen LogP contribution in [-0.4, -0.2) is 9.55 Å². The molecule has 0 unspecified atom stereocenters. The molecule has 0 spiro atoms. The molecule has 0 saturated heterocycles. The fraction of sp³-hybridized carbons (Fsp3) is 0.0833. The van der Waals surface area contributed by atoms with Gasteiger partial charge in [0.05, 0.1) is 23.0 Å². The number of furan rings is 1. The van der Waals surface area contributed by atoms with E-state index in [0.29, 0.717) is 0 Å². The van der Waals surface area contributed by atoms with Gasteiger partial charge >= 0.3 is 0 Å². The fourth-order valence-corrected chi connectivity index (χ4v) is 1.92. The molecule has 2 aromatic heterocycles. The smallest absolute Gasteiger partial charge is 0.176 e. The Labute approximate surface area is 97.8 Å². The second-order valence-corrected chi connectivity index (χ2v) is 3.82. The Balaban J connectivity index is 2.24. The number of rotatable bonds is 2. The van der Waals surface area contributed by atoms with Gasteiger partial charge in [0.25, 0.3) is 0 Å². The number of nitrogens with two attached hydrogens (primary N) is 1. The number of hydrazine groups is 1. The molecular weight excluding hydrogens is 216 g/mol. The summed E-state index contributed by atoms with van der Waals surface area (Å²) < 4.78 is 7.36. The van der Waals surface area contributed by atoms with E-state index < -0.39 is 0 Å². The number of hydrogen-bond donors (Lipinski definition) is 2. The van der Waals surface area contributed by atoms with Gasteiger partial charge in [-0.1, -0.05) is 0 Å². The van der Waals surface area contributed by atoms with Crippen molar-refractivity contribution in [3.63, 3.8) is 0 Å². The lowest BCUT2D eigenvalue weighted by Crippen LogP contribution is -2.06. The summed E-state index contributed by atoms with van der Waals surface area (Å²) in [6.07, 6.45) is 1.64. The molecule has 17 heavy (non-hydrogen) atoms. The zero-order chi connectivity index (χ0) is 11.8. The zero-order valence-corrected chi connectivity index (χ0v) is 9.34. The van der Waals surface area contributed by atoms with Gasteiger partial charge in [0.1, 0.15) is 0 Å². The highest BCUT2D eigenvalue weighted by Gasteiger charge is 2.11. The molecule has 2 heterocycles. The summed E-state index contributed by atoms with van der Waals surface area (Å²) in [6, 6.07) is 9.53. The summed E-state index contributed by atoms with van der Waals surface area (Å²) >= 11 is 0. The van der Waals surface area contributed by atoms with E-state index >= 15 is 0 Å². The molecule has 0 amide bonds. The summed E-state index contributed by atoms with van der Waals surface area (Å²) in [6.45, 7) is 0. The van der Waals surface area contributed by atoms with Crippen molar-refractivity contribution < 1.29 is 4.42 Å². The molecule has 3 aromatic rings. The van der Waals surface area contributed by atoms with Crippen molar-refractivity contribution in [1.29, 1.82) is 0 Å². The van der Waals surface area contributed by atoms with Crippen molar-refractivity contribution in [2.75, 3.05) is 5.43 Å². The highest BCUT2D eigenvalue weighted by Crippen LogP contribution is 2.25. The van der Waals surface area contributed by atoms with Gasteiger partial charge in [-0.15, -0.1) is 0 Å². The quantitative estimate of drug-likeness (QED) is 0.520. The van der Waals surface area contributed by atoms with Crippen LogP contribution < -0.4 is 11.3 Å².